The molecule has 0 fully saturated rings. The van der Waals surface area contributed by atoms with Crippen molar-refractivity contribution in [1.82, 2.24) is 9.38 Å². The summed E-state index contributed by atoms with van der Waals surface area (Å²) in [4.78, 5) is 4.61. The van der Waals surface area contributed by atoms with Crippen molar-refractivity contribution in [3.63, 3.8) is 0 Å². The van der Waals surface area contributed by atoms with E-state index in [1.165, 1.54) is 18.5 Å². The highest BCUT2D eigenvalue weighted by molar-refractivity contribution is 6.02. The number of aryl methyl sites for hydroxylation is 2. The highest BCUT2D eigenvalue weighted by atomic mass is 16.4. The van der Waals surface area contributed by atoms with Crippen LogP contribution in [0.1, 0.15) is 29.8 Å². The molecule has 0 saturated carbocycles. The molecular weight excluding hydrogens is 216 g/mol. The van der Waals surface area contributed by atoms with Gasteiger partial charge < -0.3 is 15.3 Å². The molecule has 0 bridgehead atoms. The summed E-state index contributed by atoms with van der Waals surface area (Å²) in [6.45, 7) is 0. The second kappa shape index (κ2) is 3.76. The van der Waals surface area contributed by atoms with Crippen LogP contribution in [0.4, 0.5) is 0 Å². The molecule has 0 saturated heterocycles. The third-order valence-electron chi connectivity index (χ3n) is 3.29. The standard InChI is InChI=1S/C12H14N4O/c13-11(15-17)8-4-3-7-16-10-6-2-1-5-9(10)14-12(8)16/h3-4,7,17H,1-2,5-6H2,(H2,13,15). The molecule has 2 aromatic rings. The Balaban J connectivity index is 2.30. The van der Waals surface area contributed by atoms with Crippen molar-refractivity contribution in [3.8, 4) is 0 Å². The molecule has 2 aromatic heterocycles. The second-order valence-electron chi connectivity index (χ2n) is 4.31. The molecule has 3 rings (SSSR count). The number of fused-ring (bicyclic) bond motifs is 3. The zero-order valence-electron chi connectivity index (χ0n) is 9.43. The van der Waals surface area contributed by atoms with E-state index in [2.05, 4.69) is 14.5 Å². The quantitative estimate of drug-likeness (QED) is 0.335. The van der Waals surface area contributed by atoms with Gasteiger partial charge in [0.25, 0.3) is 0 Å². The molecule has 5 heteroatoms. The van der Waals surface area contributed by atoms with Crippen LogP contribution in [-0.4, -0.2) is 20.4 Å². The third kappa shape index (κ3) is 1.46. The molecule has 0 radical (unpaired) electrons. The Bertz CT molecular complexity index is 600. The summed E-state index contributed by atoms with van der Waals surface area (Å²) in [5, 5.41) is 11.8. The molecule has 0 aliphatic heterocycles. The fourth-order valence-corrected chi connectivity index (χ4v) is 2.47. The minimum absolute atomic E-state index is 0.109. The Morgan fingerprint density at radius 1 is 1.41 bits per heavy atom. The Morgan fingerprint density at radius 2 is 2.24 bits per heavy atom. The van der Waals surface area contributed by atoms with E-state index in [4.69, 9.17) is 10.9 Å². The highest BCUT2D eigenvalue weighted by Crippen LogP contribution is 2.23. The first-order chi connectivity index (χ1) is 8.31. The van der Waals surface area contributed by atoms with E-state index >= 15 is 0 Å². The Labute approximate surface area is 98.6 Å². The molecule has 3 N–H and O–H groups in total. The summed E-state index contributed by atoms with van der Waals surface area (Å²) in [5.41, 5.74) is 9.55. The molecule has 17 heavy (non-hydrogen) atoms. The maximum atomic E-state index is 8.78. The lowest BCUT2D eigenvalue weighted by Gasteiger charge is -2.10. The van der Waals surface area contributed by atoms with Gasteiger partial charge in [0.05, 0.1) is 11.3 Å². The van der Waals surface area contributed by atoms with Gasteiger partial charge in [-0.2, -0.15) is 0 Å². The Kier molecular flexibility index (Phi) is 2.24. The molecule has 5 nitrogen and oxygen atoms in total. The summed E-state index contributed by atoms with van der Waals surface area (Å²) in [5.74, 6) is 0.109. The van der Waals surface area contributed by atoms with Crippen molar-refractivity contribution >= 4 is 11.5 Å². The van der Waals surface area contributed by atoms with E-state index in [0.29, 0.717) is 5.56 Å². The zero-order chi connectivity index (χ0) is 11.8. The largest absolute Gasteiger partial charge is 0.409 e. The molecule has 0 spiro atoms. The van der Waals surface area contributed by atoms with Crippen LogP contribution in [0.3, 0.4) is 0 Å². The molecule has 1 aliphatic carbocycles. The van der Waals surface area contributed by atoms with Crippen molar-refractivity contribution in [2.24, 2.45) is 10.9 Å². The van der Waals surface area contributed by atoms with Gasteiger partial charge in [-0.25, -0.2) is 4.98 Å². The summed E-state index contributed by atoms with van der Waals surface area (Å²) in [7, 11) is 0. The Morgan fingerprint density at radius 3 is 3.06 bits per heavy atom. The van der Waals surface area contributed by atoms with Gasteiger partial charge in [-0.15, -0.1) is 0 Å². The van der Waals surface area contributed by atoms with Gasteiger partial charge in [-0.1, -0.05) is 5.16 Å². The average Bonchev–Trinajstić information content (AvgIpc) is 2.76. The normalized spacial score (nSPS) is 16.1. The van der Waals surface area contributed by atoms with Crippen molar-refractivity contribution in [3.05, 3.63) is 35.3 Å². The van der Waals surface area contributed by atoms with Gasteiger partial charge in [-0.3, -0.25) is 0 Å². The number of pyridine rings is 1. The molecule has 1 aliphatic rings. The summed E-state index contributed by atoms with van der Waals surface area (Å²) in [6, 6.07) is 3.72. The van der Waals surface area contributed by atoms with E-state index in [9.17, 15) is 0 Å². The number of imidazole rings is 1. The predicted octanol–water partition coefficient (Wildman–Crippen LogP) is 1.31. The van der Waals surface area contributed by atoms with Crippen LogP contribution >= 0.6 is 0 Å². The van der Waals surface area contributed by atoms with Crippen LogP contribution in [0.5, 0.6) is 0 Å². The number of amidine groups is 1. The fourth-order valence-electron chi connectivity index (χ4n) is 2.47. The van der Waals surface area contributed by atoms with E-state index < -0.39 is 0 Å². The molecule has 0 aromatic carbocycles. The van der Waals surface area contributed by atoms with Crippen molar-refractivity contribution < 1.29 is 5.21 Å². The number of rotatable bonds is 1. The van der Waals surface area contributed by atoms with Crippen molar-refractivity contribution in [2.45, 2.75) is 25.7 Å². The topological polar surface area (TPSA) is 75.9 Å². The zero-order valence-corrected chi connectivity index (χ0v) is 9.43. The highest BCUT2D eigenvalue weighted by Gasteiger charge is 2.18. The van der Waals surface area contributed by atoms with Crippen LogP contribution in [-0.2, 0) is 12.8 Å². The smallest absolute Gasteiger partial charge is 0.173 e. The molecular formula is C12H14N4O. The first-order valence-corrected chi connectivity index (χ1v) is 5.78. The van der Waals surface area contributed by atoms with E-state index in [-0.39, 0.29) is 5.84 Å². The van der Waals surface area contributed by atoms with Crippen LogP contribution in [0.25, 0.3) is 5.65 Å². The van der Waals surface area contributed by atoms with Crippen molar-refractivity contribution in [2.75, 3.05) is 0 Å². The minimum Gasteiger partial charge on any atom is -0.409 e. The number of hydrogen-bond acceptors (Lipinski definition) is 3. The molecule has 2 heterocycles. The van der Waals surface area contributed by atoms with Gasteiger partial charge >= 0.3 is 0 Å². The van der Waals surface area contributed by atoms with Crippen LogP contribution < -0.4 is 5.73 Å². The maximum Gasteiger partial charge on any atom is 0.173 e. The first-order valence-electron chi connectivity index (χ1n) is 5.78. The Hall–Kier alpha value is -2.04. The maximum absolute atomic E-state index is 8.78. The van der Waals surface area contributed by atoms with Crippen LogP contribution in [0.2, 0.25) is 0 Å². The number of aromatic nitrogens is 2. The minimum atomic E-state index is 0.109. The second-order valence-corrected chi connectivity index (χ2v) is 4.31. The summed E-state index contributed by atoms with van der Waals surface area (Å²) in [6.07, 6.45) is 6.45. The van der Waals surface area contributed by atoms with Gasteiger partial charge in [0.15, 0.2) is 5.84 Å². The van der Waals surface area contributed by atoms with Crippen molar-refractivity contribution in [1.29, 1.82) is 0 Å². The van der Waals surface area contributed by atoms with Gasteiger partial charge in [0.2, 0.25) is 0 Å². The lowest BCUT2D eigenvalue weighted by atomic mass is 10.0. The summed E-state index contributed by atoms with van der Waals surface area (Å²) >= 11 is 0. The molecule has 0 amide bonds. The first kappa shape index (κ1) is 10.1. The van der Waals surface area contributed by atoms with Gasteiger partial charge in [-0.05, 0) is 37.8 Å². The number of hydrogen-bond donors (Lipinski definition) is 2. The van der Waals surface area contributed by atoms with E-state index in [1.807, 2.05) is 18.3 Å². The third-order valence-corrected chi connectivity index (χ3v) is 3.29. The SMILES string of the molecule is N/C(=N\O)c1cccn2c3c(nc12)CCCC3. The van der Waals surface area contributed by atoms with E-state index in [0.717, 1.165) is 24.2 Å². The lowest BCUT2D eigenvalue weighted by Crippen LogP contribution is -2.14. The number of oxime groups is 1. The van der Waals surface area contributed by atoms with Gasteiger partial charge in [0.1, 0.15) is 5.65 Å². The summed E-state index contributed by atoms with van der Waals surface area (Å²) < 4.78 is 2.06. The monoisotopic (exact) mass is 230 g/mol. The predicted molar refractivity (Wildman–Crippen MR) is 64.3 cm³/mol. The fraction of sp³-hybridized carbons (Fsp3) is 0.333. The lowest BCUT2D eigenvalue weighted by molar-refractivity contribution is 0.318. The number of nitrogens with zero attached hydrogens (tertiary/aromatic N) is 3. The van der Waals surface area contributed by atoms with Crippen LogP contribution in [0, 0.1) is 0 Å². The average molecular weight is 230 g/mol. The molecule has 0 atom stereocenters. The molecule has 88 valence electrons. The molecule has 0 unspecified atom stereocenters. The number of nitrogens with two attached hydrogens (primary N) is 1. The van der Waals surface area contributed by atoms with E-state index in [1.54, 1.807) is 0 Å². The van der Waals surface area contributed by atoms with Crippen LogP contribution in [0.15, 0.2) is 23.5 Å². The van der Waals surface area contributed by atoms with Gasteiger partial charge in [0, 0.05) is 11.9 Å².